The van der Waals surface area contributed by atoms with Crippen LogP contribution in [0.3, 0.4) is 0 Å². The van der Waals surface area contributed by atoms with Crippen LogP contribution in [-0.2, 0) is 9.47 Å². The average Bonchev–Trinajstić information content (AvgIpc) is 2.37. The van der Waals surface area contributed by atoms with Crippen molar-refractivity contribution in [1.82, 2.24) is 0 Å². The molecule has 1 aliphatic heterocycles. The molecule has 0 aromatic heterocycles. The maximum Gasteiger partial charge on any atom is 0.404 e. The van der Waals surface area contributed by atoms with Crippen molar-refractivity contribution in [2.75, 3.05) is 13.2 Å². The molecule has 0 bridgehead atoms. The van der Waals surface area contributed by atoms with Gasteiger partial charge in [-0.15, -0.1) is 0 Å². The summed E-state index contributed by atoms with van der Waals surface area (Å²) >= 11 is 0. The van der Waals surface area contributed by atoms with Gasteiger partial charge in [0.2, 0.25) is 0 Å². The molecular formula is C5H8N4O3. The normalized spacial score (nSPS) is 27.7. The van der Waals surface area contributed by atoms with Gasteiger partial charge in [0.25, 0.3) is 0 Å². The Balaban J connectivity index is 2.51. The molecule has 12 heavy (non-hydrogen) atoms. The van der Waals surface area contributed by atoms with Crippen LogP contribution in [0.1, 0.15) is 0 Å². The summed E-state index contributed by atoms with van der Waals surface area (Å²) in [7, 11) is 0. The average molecular weight is 172 g/mol. The first kappa shape index (κ1) is 8.63. The second-order valence-electron chi connectivity index (χ2n) is 2.29. The summed E-state index contributed by atoms with van der Waals surface area (Å²) < 4.78 is 9.55. The van der Waals surface area contributed by atoms with Gasteiger partial charge in [0.15, 0.2) is 0 Å². The Morgan fingerprint density at radius 1 is 1.75 bits per heavy atom. The summed E-state index contributed by atoms with van der Waals surface area (Å²) in [5.74, 6) is 0. The molecule has 66 valence electrons. The van der Waals surface area contributed by atoms with Crippen molar-refractivity contribution >= 4 is 6.09 Å². The van der Waals surface area contributed by atoms with Crippen molar-refractivity contribution in [3.8, 4) is 0 Å². The van der Waals surface area contributed by atoms with E-state index in [9.17, 15) is 4.79 Å². The Labute approximate surface area is 68.1 Å². The van der Waals surface area contributed by atoms with Crippen LogP contribution in [0.5, 0.6) is 0 Å². The van der Waals surface area contributed by atoms with Gasteiger partial charge in [-0.05, 0) is 5.53 Å². The topological polar surface area (TPSA) is 110 Å². The summed E-state index contributed by atoms with van der Waals surface area (Å²) in [6.07, 6.45) is -1.43. The first-order chi connectivity index (χ1) is 5.74. The zero-order valence-corrected chi connectivity index (χ0v) is 6.21. The van der Waals surface area contributed by atoms with Crippen LogP contribution in [0.25, 0.3) is 10.4 Å². The number of nitrogens with zero attached hydrogens (tertiary/aromatic N) is 3. The number of nitrogens with two attached hydrogens (primary N) is 1. The van der Waals surface area contributed by atoms with Gasteiger partial charge in [-0.1, -0.05) is 5.11 Å². The van der Waals surface area contributed by atoms with Gasteiger partial charge in [-0.3, -0.25) is 0 Å². The van der Waals surface area contributed by atoms with Gasteiger partial charge in [0.1, 0.15) is 12.1 Å². The van der Waals surface area contributed by atoms with Crippen LogP contribution in [0.15, 0.2) is 5.11 Å². The summed E-state index contributed by atoms with van der Waals surface area (Å²) in [5.41, 5.74) is 12.9. The molecule has 0 aromatic rings. The van der Waals surface area contributed by atoms with Crippen molar-refractivity contribution in [3.05, 3.63) is 10.4 Å². The number of carbonyl (C=O) groups is 1. The first-order valence-electron chi connectivity index (χ1n) is 3.32. The van der Waals surface area contributed by atoms with Crippen LogP contribution in [0.2, 0.25) is 0 Å². The smallest absolute Gasteiger partial charge is 0.404 e. The fourth-order valence-electron chi connectivity index (χ4n) is 0.959. The standard InChI is InChI=1S/C5H8N4O3/c6-5(10)12-4-2-11-1-3(4)8-9-7/h3-4H,1-2H2,(H2,6,10)/t3-,4+/m1/s1. The maximum atomic E-state index is 10.3. The van der Waals surface area contributed by atoms with Gasteiger partial charge >= 0.3 is 6.09 Å². The second kappa shape index (κ2) is 3.80. The molecule has 0 saturated carbocycles. The first-order valence-corrected chi connectivity index (χ1v) is 3.32. The van der Waals surface area contributed by atoms with Crippen LogP contribution < -0.4 is 5.73 Å². The van der Waals surface area contributed by atoms with E-state index in [1.165, 1.54) is 0 Å². The highest BCUT2D eigenvalue weighted by Crippen LogP contribution is 2.13. The molecule has 7 heteroatoms. The lowest BCUT2D eigenvalue weighted by Crippen LogP contribution is -2.30. The molecule has 1 saturated heterocycles. The molecule has 2 N–H and O–H groups in total. The summed E-state index contributed by atoms with van der Waals surface area (Å²) in [6.45, 7) is 0.495. The van der Waals surface area contributed by atoms with E-state index in [1.54, 1.807) is 0 Å². The van der Waals surface area contributed by atoms with Crippen LogP contribution >= 0.6 is 0 Å². The van der Waals surface area contributed by atoms with Crippen LogP contribution in [0, 0.1) is 0 Å². The molecule has 1 fully saturated rings. The number of carbonyl (C=O) groups excluding carboxylic acids is 1. The third-order valence-electron chi connectivity index (χ3n) is 1.47. The molecule has 7 nitrogen and oxygen atoms in total. The van der Waals surface area contributed by atoms with Gasteiger partial charge in [-0.25, -0.2) is 4.79 Å². The van der Waals surface area contributed by atoms with Crippen LogP contribution in [-0.4, -0.2) is 31.5 Å². The minimum absolute atomic E-state index is 0.229. The number of hydrogen-bond donors (Lipinski definition) is 1. The van der Waals surface area contributed by atoms with E-state index in [2.05, 4.69) is 14.8 Å². The monoisotopic (exact) mass is 172 g/mol. The van der Waals surface area contributed by atoms with Gasteiger partial charge in [0.05, 0.1) is 13.2 Å². The number of primary amides is 1. The van der Waals surface area contributed by atoms with Crippen molar-refractivity contribution in [3.63, 3.8) is 0 Å². The van der Waals surface area contributed by atoms with E-state index in [-0.39, 0.29) is 13.2 Å². The molecule has 1 heterocycles. The Bertz CT molecular complexity index is 225. The molecule has 0 unspecified atom stereocenters. The third-order valence-corrected chi connectivity index (χ3v) is 1.47. The SMILES string of the molecule is [N-]=[N+]=N[C@@H]1COC[C@@H]1OC(N)=O. The quantitative estimate of drug-likeness (QED) is 0.363. The van der Waals surface area contributed by atoms with E-state index in [0.29, 0.717) is 0 Å². The van der Waals surface area contributed by atoms with E-state index >= 15 is 0 Å². The van der Waals surface area contributed by atoms with Gasteiger partial charge in [-0.2, -0.15) is 0 Å². The lowest BCUT2D eigenvalue weighted by atomic mass is 10.2. The third kappa shape index (κ3) is 2.01. The summed E-state index contributed by atoms with van der Waals surface area (Å²) in [6, 6.07) is -0.456. The molecule has 1 rings (SSSR count). The zero-order chi connectivity index (χ0) is 8.97. The number of ether oxygens (including phenoxy) is 2. The number of azide groups is 1. The predicted molar refractivity (Wildman–Crippen MR) is 38.2 cm³/mol. The molecule has 0 aliphatic carbocycles. The van der Waals surface area contributed by atoms with E-state index < -0.39 is 18.2 Å². The predicted octanol–water partition coefficient (Wildman–Crippen LogP) is 0.159. The van der Waals surface area contributed by atoms with E-state index in [4.69, 9.17) is 16.0 Å². The Morgan fingerprint density at radius 2 is 2.50 bits per heavy atom. The fraction of sp³-hybridized carbons (Fsp3) is 0.800. The van der Waals surface area contributed by atoms with E-state index in [0.717, 1.165) is 0 Å². The van der Waals surface area contributed by atoms with Crippen LogP contribution in [0.4, 0.5) is 4.79 Å². The summed E-state index contributed by atoms with van der Waals surface area (Å²) in [5, 5.41) is 3.38. The van der Waals surface area contributed by atoms with Crippen molar-refractivity contribution in [2.24, 2.45) is 10.8 Å². The molecule has 2 atom stereocenters. The van der Waals surface area contributed by atoms with Gasteiger partial charge in [0, 0.05) is 4.91 Å². The number of amides is 1. The Hall–Kier alpha value is -1.46. The number of rotatable bonds is 2. The fourth-order valence-corrected chi connectivity index (χ4v) is 0.959. The highest BCUT2D eigenvalue weighted by molar-refractivity contribution is 5.64. The molecule has 1 amide bonds. The Morgan fingerprint density at radius 3 is 3.08 bits per heavy atom. The number of hydrogen-bond acceptors (Lipinski definition) is 4. The lowest BCUT2D eigenvalue weighted by Gasteiger charge is -2.11. The second-order valence-corrected chi connectivity index (χ2v) is 2.29. The zero-order valence-electron chi connectivity index (χ0n) is 6.21. The molecule has 0 radical (unpaired) electrons. The maximum absolute atomic E-state index is 10.3. The lowest BCUT2D eigenvalue weighted by molar-refractivity contribution is 0.0868. The molecular weight excluding hydrogens is 164 g/mol. The molecule has 0 spiro atoms. The minimum Gasteiger partial charge on any atom is -0.443 e. The van der Waals surface area contributed by atoms with Crippen molar-refractivity contribution in [2.45, 2.75) is 12.1 Å². The van der Waals surface area contributed by atoms with Crippen molar-refractivity contribution < 1.29 is 14.3 Å². The summed E-state index contributed by atoms with van der Waals surface area (Å²) in [4.78, 5) is 12.9. The minimum atomic E-state index is -0.886. The largest absolute Gasteiger partial charge is 0.443 e. The van der Waals surface area contributed by atoms with Gasteiger partial charge < -0.3 is 15.2 Å². The Kier molecular flexibility index (Phi) is 2.73. The highest BCUT2D eigenvalue weighted by atomic mass is 16.6. The molecule has 1 aliphatic rings. The molecule has 0 aromatic carbocycles. The van der Waals surface area contributed by atoms with E-state index in [1.807, 2.05) is 0 Å². The highest BCUT2D eigenvalue weighted by Gasteiger charge is 2.29. The van der Waals surface area contributed by atoms with Crippen molar-refractivity contribution in [1.29, 1.82) is 0 Å².